The minimum atomic E-state index is -0.508. The van der Waals surface area contributed by atoms with Gasteiger partial charge in [-0.05, 0) is 35.9 Å². The maximum Gasteiger partial charge on any atom is 0.244 e. The lowest BCUT2D eigenvalue weighted by Gasteiger charge is -2.20. The van der Waals surface area contributed by atoms with Gasteiger partial charge in [-0.2, -0.15) is 0 Å². The van der Waals surface area contributed by atoms with Gasteiger partial charge in [0.05, 0.1) is 40.9 Å². The quantitative estimate of drug-likeness (QED) is 0.125. The van der Waals surface area contributed by atoms with E-state index in [4.69, 9.17) is 53.8 Å². The fourth-order valence-corrected chi connectivity index (χ4v) is 4.65. The summed E-state index contributed by atoms with van der Waals surface area (Å²) in [5, 5.41) is 8.00. The Bertz CT molecular complexity index is 1400. The number of amides is 1. The van der Waals surface area contributed by atoms with Gasteiger partial charge in [0, 0.05) is 54.4 Å². The molecule has 0 aliphatic carbocycles. The molecule has 0 saturated carbocycles. The van der Waals surface area contributed by atoms with Crippen molar-refractivity contribution in [1.82, 2.24) is 9.97 Å². The van der Waals surface area contributed by atoms with Gasteiger partial charge in [0.25, 0.3) is 0 Å². The van der Waals surface area contributed by atoms with Gasteiger partial charge in [-0.15, -0.1) is 45.9 Å². The molecule has 4 rings (SSSR count). The summed E-state index contributed by atoms with van der Waals surface area (Å²) in [6.07, 6.45) is 3.43. The number of ether oxygens (including phenoxy) is 4. The highest BCUT2D eigenvalue weighted by Crippen LogP contribution is 2.29. The van der Waals surface area contributed by atoms with E-state index in [-0.39, 0.29) is 19.1 Å². The average molecular weight is 692 g/mol. The van der Waals surface area contributed by atoms with Gasteiger partial charge < -0.3 is 24.3 Å². The zero-order valence-corrected chi connectivity index (χ0v) is 27.7. The lowest BCUT2D eigenvalue weighted by molar-refractivity contribution is -0.116. The van der Waals surface area contributed by atoms with Crippen LogP contribution in [0.25, 0.3) is 0 Å². The minimum absolute atomic E-state index is 0. The molecule has 0 aliphatic heterocycles. The largest absolute Gasteiger partial charge is 0.497 e. The third-order valence-corrected chi connectivity index (χ3v) is 7.62. The lowest BCUT2D eigenvalue weighted by atomic mass is 10.1. The number of nitrogens with one attached hydrogen (secondary N) is 1. The van der Waals surface area contributed by atoms with Gasteiger partial charge in [0.15, 0.2) is 10.3 Å². The SMILES string of the molecule is COc1ccc(CN(C(=O)CCl)c2nccs2)c(OC)c1.COc1ccc(CNc2nccs2)c(OC)c1.O=C(Cl)CCl.[HH]. The Morgan fingerprint density at radius 1 is 0.837 bits per heavy atom. The van der Waals surface area contributed by atoms with E-state index in [0.29, 0.717) is 29.7 Å². The highest BCUT2D eigenvalue weighted by atomic mass is 35.5. The van der Waals surface area contributed by atoms with Crippen LogP contribution >= 0.6 is 57.5 Å². The average Bonchev–Trinajstić information content (AvgIpc) is 3.78. The fourth-order valence-electron chi connectivity index (χ4n) is 3.32. The molecular weight excluding hydrogens is 659 g/mol. The number of anilines is 2. The van der Waals surface area contributed by atoms with Crippen LogP contribution < -0.4 is 29.2 Å². The summed E-state index contributed by atoms with van der Waals surface area (Å²) >= 11 is 18.2. The van der Waals surface area contributed by atoms with E-state index in [0.717, 1.165) is 27.8 Å². The fraction of sp³-hybridized carbons (Fsp3) is 0.286. The molecule has 0 unspecified atom stereocenters. The van der Waals surface area contributed by atoms with E-state index >= 15 is 0 Å². The van der Waals surface area contributed by atoms with Gasteiger partial charge in [-0.1, -0.05) is 0 Å². The molecule has 15 heteroatoms. The molecule has 2 heterocycles. The first-order chi connectivity index (χ1) is 20.8. The second kappa shape index (κ2) is 19.8. The van der Waals surface area contributed by atoms with E-state index in [2.05, 4.69) is 15.3 Å². The van der Waals surface area contributed by atoms with Gasteiger partial charge in [0.2, 0.25) is 11.1 Å². The van der Waals surface area contributed by atoms with Crippen molar-refractivity contribution in [2.24, 2.45) is 0 Å². The highest BCUT2D eigenvalue weighted by Gasteiger charge is 2.19. The third-order valence-electron chi connectivity index (χ3n) is 5.35. The molecule has 1 amide bonds. The number of nitrogens with zero attached hydrogens (tertiary/aromatic N) is 3. The van der Waals surface area contributed by atoms with Crippen LogP contribution in [0.5, 0.6) is 23.0 Å². The van der Waals surface area contributed by atoms with Gasteiger partial charge in [-0.25, -0.2) is 9.97 Å². The van der Waals surface area contributed by atoms with Crippen molar-refractivity contribution in [3.8, 4) is 23.0 Å². The van der Waals surface area contributed by atoms with Crippen LogP contribution in [0.4, 0.5) is 10.3 Å². The number of benzene rings is 2. The summed E-state index contributed by atoms with van der Waals surface area (Å²) in [7, 11) is 6.46. The summed E-state index contributed by atoms with van der Waals surface area (Å²) in [4.78, 5) is 31.4. The van der Waals surface area contributed by atoms with E-state index in [1.165, 1.54) is 11.3 Å². The molecule has 1 N–H and O–H groups in total. The van der Waals surface area contributed by atoms with Gasteiger partial charge in [0.1, 0.15) is 28.9 Å². The molecule has 2 aromatic carbocycles. The van der Waals surface area contributed by atoms with Crippen molar-refractivity contribution in [2.75, 3.05) is 50.4 Å². The second-order valence-corrected chi connectivity index (χ2v) is 10.7. The first-order valence-electron chi connectivity index (χ1n) is 12.3. The Kier molecular flexibility index (Phi) is 16.5. The van der Waals surface area contributed by atoms with Crippen molar-refractivity contribution in [2.45, 2.75) is 13.1 Å². The van der Waals surface area contributed by atoms with E-state index < -0.39 is 5.24 Å². The third kappa shape index (κ3) is 12.1. The van der Waals surface area contributed by atoms with Crippen molar-refractivity contribution in [1.29, 1.82) is 0 Å². The number of methoxy groups -OCH3 is 4. The normalized spacial score (nSPS) is 9.84. The molecule has 0 atom stereocenters. The molecule has 234 valence electrons. The molecule has 0 aliphatic rings. The zero-order valence-electron chi connectivity index (χ0n) is 23.8. The zero-order chi connectivity index (χ0) is 31.6. The summed E-state index contributed by atoms with van der Waals surface area (Å²) in [6.45, 7) is 1.02. The maximum atomic E-state index is 12.0. The predicted molar refractivity (Wildman–Crippen MR) is 176 cm³/mol. The summed E-state index contributed by atoms with van der Waals surface area (Å²) < 4.78 is 21.0. The number of rotatable bonds is 12. The number of hydrogen-bond donors (Lipinski definition) is 1. The van der Waals surface area contributed by atoms with Crippen LogP contribution in [-0.4, -0.2) is 61.3 Å². The standard InChI is InChI=1S/C14H15ClN2O3S.C12H14N2O2S.C2H2Cl2O.H2/c1-19-11-4-3-10(12(7-11)20-2)9-17(13(18)8-15)14-16-5-6-21-14;1-15-10-4-3-9(11(7-10)16-2)8-14-12-13-5-6-17-12;3-1-2(4)5;/h3-7H,8-9H2,1-2H3;3-7H,8H2,1-2H3,(H,13,14);1H2;1H. The van der Waals surface area contributed by atoms with E-state index in [1.807, 2.05) is 41.1 Å². The number of carbonyl (C=O) groups excluding carboxylic acids is 2. The summed E-state index contributed by atoms with van der Waals surface area (Å²) in [5.41, 5.74) is 1.93. The predicted octanol–water partition coefficient (Wildman–Crippen LogP) is 6.94. The lowest BCUT2D eigenvalue weighted by Crippen LogP contribution is -2.31. The Balaban J connectivity index is 0.000000380. The molecule has 0 fully saturated rings. The molecule has 2 aromatic heterocycles. The molecule has 0 radical (unpaired) electrons. The summed E-state index contributed by atoms with van der Waals surface area (Å²) in [6, 6.07) is 11.2. The van der Waals surface area contributed by atoms with Crippen LogP contribution in [0.3, 0.4) is 0 Å². The number of thiazole rings is 2. The Morgan fingerprint density at radius 2 is 1.40 bits per heavy atom. The smallest absolute Gasteiger partial charge is 0.244 e. The number of alkyl halides is 2. The van der Waals surface area contributed by atoms with Crippen LogP contribution in [0.2, 0.25) is 0 Å². The number of carbonyl (C=O) groups is 2. The molecule has 43 heavy (non-hydrogen) atoms. The van der Waals surface area contributed by atoms with Crippen molar-refractivity contribution in [3.05, 3.63) is 70.7 Å². The topological polar surface area (TPSA) is 112 Å². The molecular formula is C28H33Cl3N4O6S2. The highest BCUT2D eigenvalue weighted by molar-refractivity contribution is 7.14. The van der Waals surface area contributed by atoms with Crippen LogP contribution in [0.15, 0.2) is 59.6 Å². The van der Waals surface area contributed by atoms with Crippen LogP contribution in [-0.2, 0) is 22.7 Å². The first-order valence-corrected chi connectivity index (χ1v) is 15.6. The number of aromatic nitrogens is 2. The summed E-state index contributed by atoms with van der Waals surface area (Å²) in [5.74, 6) is 2.55. The van der Waals surface area contributed by atoms with E-state index in [9.17, 15) is 9.59 Å². The van der Waals surface area contributed by atoms with Crippen LogP contribution in [0.1, 0.15) is 12.6 Å². The van der Waals surface area contributed by atoms with Crippen molar-refractivity contribution >= 4 is 78.9 Å². The van der Waals surface area contributed by atoms with Crippen molar-refractivity contribution in [3.63, 3.8) is 0 Å². The maximum absolute atomic E-state index is 12.0. The van der Waals surface area contributed by atoms with Gasteiger partial charge >= 0.3 is 0 Å². The molecule has 10 nitrogen and oxygen atoms in total. The Morgan fingerprint density at radius 3 is 1.86 bits per heavy atom. The monoisotopic (exact) mass is 690 g/mol. The second-order valence-electron chi connectivity index (χ2n) is 7.96. The van der Waals surface area contributed by atoms with Gasteiger partial charge in [-0.3, -0.25) is 14.5 Å². The molecule has 0 bridgehead atoms. The Hall–Kier alpha value is -3.29. The van der Waals surface area contributed by atoms with Crippen molar-refractivity contribution < 1.29 is 30.0 Å². The first kappa shape index (κ1) is 35.9. The number of hydrogen-bond acceptors (Lipinski definition) is 11. The molecule has 0 saturated heterocycles. The number of halogens is 3. The molecule has 0 spiro atoms. The van der Waals surface area contributed by atoms with Crippen LogP contribution in [0, 0.1) is 0 Å². The minimum Gasteiger partial charge on any atom is -0.497 e. The molecule has 4 aromatic rings. The van der Waals surface area contributed by atoms with E-state index in [1.54, 1.807) is 63.1 Å². The Labute approximate surface area is 274 Å².